The lowest BCUT2D eigenvalue weighted by atomic mass is 10.1. The molecule has 0 N–H and O–H groups in total. The van der Waals surface area contributed by atoms with E-state index in [1.807, 2.05) is 0 Å². The Labute approximate surface area is 107 Å². The van der Waals surface area contributed by atoms with E-state index in [-0.39, 0.29) is 11.8 Å². The summed E-state index contributed by atoms with van der Waals surface area (Å²) in [6.45, 7) is 0. The van der Waals surface area contributed by atoms with Crippen molar-refractivity contribution < 1.29 is 14.3 Å². The van der Waals surface area contributed by atoms with Gasteiger partial charge in [-0.05, 0) is 25.7 Å². The Morgan fingerprint density at radius 2 is 1.89 bits per heavy atom. The molecule has 1 fully saturated rings. The minimum Gasteiger partial charge on any atom is -0.473 e. The number of hydrogen-bond acceptors (Lipinski definition) is 5. The monoisotopic (exact) mass is 250 g/mol. The number of carbonyl (C=O) groups is 1. The molecule has 1 aliphatic carbocycles. The van der Waals surface area contributed by atoms with Gasteiger partial charge in [0.1, 0.15) is 6.10 Å². The third-order valence-corrected chi connectivity index (χ3v) is 3.11. The van der Waals surface area contributed by atoms with Crippen molar-refractivity contribution in [2.75, 3.05) is 7.11 Å². The number of methoxy groups -OCH3 is 1. The third-order valence-electron chi connectivity index (χ3n) is 3.11. The van der Waals surface area contributed by atoms with E-state index in [2.05, 4.69) is 14.7 Å². The van der Waals surface area contributed by atoms with E-state index in [4.69, 9.17) is 4.74 Å². The summed E-state index contributed by atoms with van der Waals surface area (Å²) in [5.41, 5.74) is 0.200. The van der Waals surface area contributed by atoms with Gasteiger partial charge in [-0.2, -0.15) is 0 Å². The van der Waals surface area contributed by atoms with Gasteiger partial charge in [-0.3, -0.25) is 0 Å². The molecule has 0 saturated heterocycles. The number of esters is 1. The minimum atomic E-state index is -0.483. The summed E-state index contributed by atoms with van der Waals surface area (Å²) in [6.07, 6.45) is 10.2. The minimum absolute atomic E-state index is 0.200. The number of nitrogens with zero attached hydrogens (tertiary/aromatic N) is 2. The molecule has 0 amide bonds. The van der Waals surface area contributed by atoms with Crippen molar-refractivity contribution >= 4 is 5.97 Å². The molecule has 1 aromatic rings. The van der Waals surface area contributed by atoms with Gasteiger partial charge < -0.3 is 9.47 Å². The summed E-state index contributed by atoms with van der Waals surface area (Å²) in [6, 6.07) is 0. The first-order chi connectivity index (χ1) is 8.79. The normalized spacial score (nSPS) is 16.9. The Kier molecular flexibility index (Phi) is 4.50. The number of hydrogen-bond donors (Lipinski definition) is 0. The maximum Gasteiger partial charge on any atom is 0.358 e. The van der Waals surface area contributed by atoms with Crippen LogP contribution in [-0.2, 0) is 4.74 Å². The van der Waals surface area contributed by atoms with Crippen molar-refractivity contribution in [2.24, 2.45) is 0 Å². The topological polar surface area (TPSA) is 61.3 Å². The van der Waals surface area contributed by atoms with Gasteiger partial charge in [-0.15, -0.1) is 0 Å². The Hall–Kier alpha value is -1.65. The van der Waals surface area contributed by atoms with Crippen molar-refractivity contribution in [3.8, 4) is 5.88 Å². The van der Waals surface area contributed by atoms with Crippen molar-refractivity contribution in [1.82, 2.24) is 9.97 Å². The van der Waals surface area contributed by atoms with Crippen molar-refractivity contribution in [2.45, 2.75) is 44.6 Å². The summed E-state index contributed by atoms with van der Waals surface area (Å²) in [5.74, 6) is -0.00179. The van der Waals surface area contributed by atoms with Crippen LogP contribution in [-0.4, -0.2) is 29.2 Å². The van der Waals surface area contributed by atoms with Gasteiger partial charge >= 0.3 is 5.97 Å². The first-order valence-corrected chi connectivity index (χ1v) is 6.36. The number of rotatable bonds is 3. The first kappa shape index (κ1) is 12.8. The van der Waals surface area contributed by atoms with Crippen molar-refractivity contribution in [3.63, 3.8) is 0 Å². The lowest BCUT2D eigenvalue weighted by Gasteiger charge is -2.15. The van der Waals surface area contributed by atoms with Gasteiger partial charge in [0.25, 0.3) is 0 Å². The smallest absolute Gasteiger partial charge is 0.358 e. The van der Waals surface area contributed by atoms with Crippen LogP contribution in [0.4, 0.5) is 0 Å². The third kappa shape index (κ3) is 3.42. The summed E-state index contributed by atoms with van der Waals surface area (Å²) >= 11 is 0. The van der Waals surface area contributed by atoms with Crippen LogP contribution in [0, 0.1) is 0 Å². The highest BCUT2D eigenvalue weighted by Gasteiger charge is 2.15. The van der Waals surface area contributed by atoms with Crippen LogP contribution in [0.3, 0.4) is 0 Å². The molecule has 0 spiro atoms. The average molecular weight is 250 g/mol. The fraction of sp³-hybridized carbons (Fsp3) is 0.615. The maximum atomic E-state index is 11.2. The largest absolute Gasteiger partial charge is 0.473 e. The van der Waals surface area contributed by atoms with Crippen LogP contribution in [0.2, 0.25) is 0 Å². The number of ether oxygens (including phenoxy) is 2. The van der Waals surface area contributed by atoms with Gasteiger partial charge in [0.05, 0.1) is 19.5 Å². The Morgan fingerprint density at radius 3 is 2.44 bits per heavy atom. The Balaban J connectivity index is 1.94. The Morgan fingerprint density at radius 1 is 1.17 bits per heavy atom. The van der Waals surface area contributed by atoms with Gasteiger partial charge in [0.2, 0.25) is 5.88 Å². The molecule has 0 bridgehead atoms. The van der Waals surface area contributed by atoms with Crippen LogP contribution < -0.4 is 4.74 Å². The molecular weight excluding hydrogens is 232 g/mol. The number of carbonyl (C=O) groups excluding carboxylic acids is 1. The fourth-order valence-corrected chi connectivity index (χ4v) is 2.12. The highest BCUT2D eigenvalue weighted by Crippen LogP contribution is 2.21. The molecule has 0 unspecified atom stereocenters. The van der Waals surface area contributed by atoms with Crippen LogP contribution >= 0.6 is 0 Å². The average Bonchev–Trinajstić information content (AvgIpc) is 2.67. The number of aromatic nitrogens is 2. The second-order valence-electron chi connectivity index (χ2n) is 4.46. The zero-order valence-electron chi connectivity index (χ0n) is 10.6. The van der Waals surface area contributed by atoms with E-state index >= 15 is 0 Å². The SMILES string of the molecule is COC(=O)c1cnc(OC2CCCCCC2)cn1. The molecule has 1 saturated carbocycles. The summed E-state index contributed by atoms with van der Waals surface area (Å²) in [4.78, 5) is 19.3. The Bertz CT molecular complexity index is 384. The lowest BCUT2D eigenvalue weighted by Crippen LogP contribution is -2.16. The van der Waals surface area contributed by atoms with Crippen molar-refractivity contribution in [3.05, 3.63) is 18.1 Å². The quantitative estimate of drug-likeness (QED) is 0.608. The molecular formula is C13H18N2O3. The summed E-state index contributed by atoms with van der Waals surface area (Å²) in [5, 5.41) is 0. The molecule has 5 nitrogen and oxygen atoms in total. The second kappa shape index (κ2) is 6.33. The zero-order chi connectivity index (χ0) is 12.8. The van der Waals surface area contributed by atoms with Crippen LogP contribution in [0.25, 0.3) is 0 Å². The van der Waals surface area contributed by atoms with E-state index < -0.39 is 5.97 Å². The molecule has 98 valence electrons. The first-order valence-electron chi connectivity index (χ1n) is 6.36. The van der Waals surface area contributed by atoms with E-state index in [1.54, 1.807) is 0 Å². The zero-order valence-corrected chi connectivity index (χ0v) is 10.6. The van der Waals surface area contributed by atoms with Gasteiger partial charge in [0, 0.05) is 0 Å². The van der Waals surface area contributed by atoms with Gasteiger partial charge in [-0.25, -0.2) is 14.8 Å². The molecule has 1 heterocycles. The molecule has 5 heteroatoms. The molecule has 0 aliphatic heterocycles. The molecule has 1 aromatic heterocycles. The van der Waals surface area contributed by atoms with E-state index in [9.17, 15) is 4.79 Å². The van der Waals surface area contributed by atoms with E-state index in [0.717, 1.165) is 12.8 Å². The second-order valence-corrected chi connectivity index (χ2v) is 4.46. The van der Waals surface area contributed by atoms with Crippen molar-refractivity contribution in [1.29, 1.82) is 0 Å². The molecule has 0 aromatic carbocycles. The molecule has 18 heavy (non-hydrogen) atoms. The fourth-order valence-electron chi connectivity index (χ4n) is 2.12. The molecule has 0 atom stereocenters. The molecule has 2 rings (SSSR count). The predicted molar refractivity (Wildman–Crippen MR) is 65.5 cm³/mol. The van der Waals surface area contributed by atoms with Crippen LogP contribution in [0.5, 0.6) is 5.88 Å². The van der Waals surface area contributed by atoms with Gasteiger partial charge in [0.15, 0.2) is 5.69 Å². The molecule has 1 aliphatic rings. The predicted octanol–water partition coefficient (Wildman–Crippen LogP) is 2.36. The molecule has 0 radical (unpaired) electrons. The summed E-state index contributed by atoms with van der Waals surface area (Å²) < 4.78 is 10.3. The van der Waals surface area contributed by atoms with Crippen LogP contribution in [0.15, 0.2) is 12.4 Å². The van der Waals surface area contributed by atoms with E-state index in [0.29, 0.717) is 5.88 Å². The lowest BCUT2D eigenvalue weighted by molar-refractivity contribution is 0.0593. The highest BCUT2D eigenvalue weighted by atomic mass is 16.5. The highest BCUT2D eigenvalue weighted by molar-refractivity contribution is 5.86. The summed E-state index contributed by atoms with van der Waals surface area (Å²) in [7, 11) is 1.32. The van der Waals surface area contributed by atoms with Gasteiger partial charge in [-0.1, -0.05) is 12.8 Å². The standard InChI is InChI=1S/C13H18N2O3/c1-17-13(16)11-8-15-12(9-14-11)18-10-6-4-2-3-5-7-10/h8-10H,2-7H2,1H3. The maximum absolute atomic E-state index is 11.2. The van der Waals surface area contributed by atoms with Crippen LogP contribution in [0.1, 0.15) is 49.0 Å². The van der Waals surface area contributed by atoms with E-state index in [1.165, 1.54) is 45.2 Å².